The zero-order valence-electron chi connectivity index (χ0n) is 13.2. The average Bonchev–Trinajstić information content (AvgIpc) is 2.67. The van der Waals surface area contributed by atoms with Gasteiger partial charge in [0.2, 0.25) is 5.95 Å². The molecule has 2 aromatic heterocycles. The Labute approximate surface area is 152 Å². The van der Waals surface area contributed by atoms with Crippen LogP contribution in [-0.4, -0.2) is 59.0 Å². The maximum atomic E-state index is 14.1. The van der Waals surface area contributed by atoms with E-state index >= 15 is 0 Å². The molecule has 0 atom stereocenters. The molecule has 2 aromatic rings. The van der Waals surface area contributed by atoms with Crippen molar-refractivity contribution in [3.63, 3.8) is 0 Å². The summed E-state index contributed by atoms with van der Waals surface area (Å²) < 4.78 is 41.5. The fourth-order valence-electron chi connectivity index (χ4n) is 2.64. The van der Waals surface area contributed by atoms with Crippen molar-refractivity contribution in [1.29, 1.82) is 0 Å². The number of hydrogen-bond donors (Lipinski definition) is 0. The summed E-state index contributed by atoms with van der Waals surface area (Å²) in [5.74, 6) is -3.46. The molecule has 0 aromatic carbocycles. The number of aromatic nitrogens is 3. The summed E-state index contributed by atoms with van der Waals surface area (Å²) in [6.45, 7) is -0.201. The lowest BCUT2D eigenvalue weighted by atomic mass is 10.2. The first-order valence-corrected chi connectivity index (χ1v) is 8.17. The van der Waals surface area contributed by atoms with E-state index in [1.54, 1.807) is 7.05 Å². The molecule has 5 nitrogen and oxygen atoms in total. The van der Waals surface area contributed by atoms with Gasteiger partial charge in [-0.05, 0) is 13.1 Å². The molecule has 0 aliphatic carbocycles. The van der Waals surface area contributed by atoms with Crippen LogP contribution in [0.2, 0.25) is 10.2 Å². The second-order valence-corrected chi connectivity index (χ2v) is 6.59. The van der Waals surface area contributed by atoms with Gasteiger partial charge >= 0.3 is 0 Å². The molecule has 0 unspecified atom stereocenters. The van der Waals surface area contributed by atoms with Crippen LogP contribution in [0.4, 0.5) is 19.0 Å². The van der Waals surface area contributed by atoms with E-state index in [4.69, 9.17) is 23.2 Å². The predicted molar refractivity (Wildman–Crippen MR) is 89.9 cm³/mol. The average molecular weight is 392 g/mol. The SMILES string of the molecule is CN1CCN(c2nc(-c3ccnc(F)c3)nc(Cl)c2Cl)CC(F)(F)C1. The van der Waals surface area contributed by atoms with Crippen LogP contribution in [0, 0.1) is 5.95 Å². The van der Waals surface area contributed by atoms with Crippen molar-refractivity contribution in [2.75, 3.05) is 38.1 Å². The Morgan fingerprint density at radius 1 is 1.16 bits per heavy atom. The van der Waals surface area contributed by atoms with Crippen LogP contribution in [0.5, 0.6) is 0 Å². The normalized spacial score (nSPS) is 18.2. The Kier molecular flexibility index (Phi) is 5.04. The number of pyridine rings is 1. The third-order valence-corrected chi connectivity index (χ3v) is 4.47. The zero-order valence-corrected chi connectivity index (χ0v) is 14.7. The molecule has 1 aliphatic heterocycles. The highest BCUT2D eigenvalue weighted by Gasteiger charge is 2.37. The number of hydrogen-bond acceptors (Lipinski definition) is 5. The molecule has 1 saturated heterocycles. The molecule has 0 radical (unpaired) electrons. The van der Waals surface area contributed by atoms with E-state index in [2.05, 4.69) is 15.0 Å². The van der Waals surface area contributed by atoms with Gasteiger partial charge in [-0.3, -0.25) is 4.90 Å². The molecule has 0 N–H and O–H groups in total. The Morgan fingerprint density at radius 3 is 2.64 bits per heavy atom. The fourth-order valence-corrected chi connectivity index (χ4v) is 3.01. The molecular weight excluding hydrogens is 378 g/mol. The molecule has 10 heteroatoms. The van der Waals surface area contributed by atoms with Crippen LogP contribution in [0.25, 0.3) is 11.4 Å². The summed E-state index contributed by atoms with van der Waals surface area (Å²) in [7, 11) is 1.62. The smallest absolute Gasteiger partial charge is 0.277 e. The van der Waals surface area contributed by atoms with Gasteiger partial charge in [-0.25, -0.2) is 23.7 Å². The molecule has 0 amide bonds. The molecule has 0 spiro atoms. The fraction of sp³-hybridized carbons (Fsp3) is 0.400. The van der Waals surface area contributed by atoms with Crippen molar-refractivity contribution in [3.8, 4) is 11.4 Å². The van der Waals surface area contributed by atoms with E-state index < -0.39 is 18.4 Å². The van der Waals surface area contributed by atoms with Crippen LogP contribution < -0.4 is 4.90 Å². The highest BCUT2D eigenvalue weighted by Crippen LogP contribution is 2.34. The van der Waals surface area contributed by atoms with Gasteiger partial charge in [0.25, 0.3) is 5.92 Å². The molecule has 3 rings (SSSR count). The number of anilines is 1. The number of nitrogens with zero attached hydrogens (tertiary/aromatic N) is 5. The lowest BCUT2D eigenvalue weighted by Gasteiger charge is -2.25. The quantitative estimate of drug-likeness (QED) is 0.580. The Morgan fingerprint density at radius 2 is 1.92 bits per heavy atom. The molecule has 1 aliphatic rings. The van der Waals surface area contributed by atoms with Crippen molar-refractivity contribution in [3.05, 3.63) is 34.5 Å². The Balaban J connectivity index is 2.03. The van der Waals surface area contributed by atoms with Crippen molar-refractivity contribution in [2.24, 2.45) is 0 Å². The summed E-state index contributed by atoms with van der Waals surface area (Å²) >= 11 is 12.2. The minimum Gasteiger partial charge on any atom is -0.348 e. The topological polar surface area (TPSA) is 45.2 Å². The summed E-state index contributed by atoms with van der Waals surface area (Å²) in [5, 5.41) is -0.0971. The van der Waals surface area contributed by atoms with Gasteiger partial charge in [-0.2, -0.15) is 4.39 Å². The third kappa shape index (κ3) is 4.13. The van der Waals surface area contributed by atoms with Crippen molar-refractivity contribution >= 4 is 29.0 Å². The Hall–Kier alpha value is -1.64. The number of alkyl halides is 2. The summed E-state index contributed by atoms with van der Waals surface area (Å²) in [6, 6.07) is 2.63. The first kappa shape index (κ1) is 18.2. The van der Waals surface area contributed by atoms with Crippen molar-refractivity contribution in [2.45, 2.75) is 5.92 Å². The molecule has 1 fully saturated rings. The van der Waals surface area contributed by atoms with Crippen LogP contribution in [0.15, 0.2) is 18.3 Å². The standard InChI is InChI=1S/C15H14Cl2F3N5/c1-24-4-5-25(8-15(19,20)7-24)14-11(16)12(17)22-13(23-14)9-2-3-21-10(18)6-9/h2-3,6H,4-5,7-8H2,1H3. The van der Waals surface area contributed by atoms with E-state index in [0.29, 0.717) is 18.7 Å². The highest BCUT2D eigenvalue weighted by molar-refractivity contribution is 6.42. The lowest BCUT2D eigenvalue weighted by Crippen LogP contribution is -2.39. The van der Waals surface area contributed by atoms with Gasteiger partial charge < -0.3 is 4.90 Å². The Bertz CT molecular complexity index is 790. The molecule has 0 bridgehead atoms. The molecule has 134 valence electrons. The van der Waals surface area contributed by atoms with Crippen LogP contribution in [0.3, 0.4) is 0 Å². The molecule has 3 heterocycles. The second kappa shape index (κ2) is 6.93. The predicted octanol–water partition coefficient (Wildman–Crippen LogP) is 3.37. The van der Waals surface area contributed by atoms with Crippen molar-refractivity contribution in [1.82, 2.24) is 19.9 Å². The highest BCUT2D eigenvalue weighted by atomic mass is 35.5. The van der Waals surface area contributed by atoms with E-state index in [1.165, 1.54) is 22.1 Å². The van der Waals surface area contributed by atoms with E-state index in [-0.39, 0.29) is 28.4 Å². The minimum absolute atomic E-state index is 0.0136. The monoisotopic (exact) mass is 391 g/mol. The minimum atomic E-state index is -2.94. The van der Waals surface area contributed by atoms with Crippen molar-refractivity contribution < 1.29 is 13.2 Å². The summed E-state index contributed by atoms with van der Waals surface area (Å²) in [6.07, 6.45) is 1.26. The van der Waals surface area contributed by atoms with E-state index in [1.807, 2.05) is 0 Å². The first-order chi connectivity index (χ1) is 11.7. The molecular formula is C15H14Cl2F3N5. The van der Waals surface area contributed by atoms with Gasteiger partial charge in [0.05, 0.1) is 13.1 Å². The maximum Gasteiger partial charge on any atom is 0.277 e. The molecule has 0 saturated carbocycles. The van der Waals surface area contributed by atoms with Gasteiger partial charge in [0.1, 0.15) is 5.02 Å². The number of halogens is 5. The molecule has 25 heavy (non-hydrogen) atoms. The summed E-state index contributed by atoms with van der Waals surface area (Å²) in [5.41, 5.74) is 0.325. The third-order valence-electron chi connectivity index (χ3n) is 3.75. The van der Waals surface area contributed by atoms with Gasteiger partial charge in [-0.15, -0.1) is 0 Å². The van der Waals surface area contributed by atoms with Crippen LogP contribution in [-0.2, 0) is 0 Å². The van der Waals surface area contributed by atoms with E-state index in [0.717, 1.165) is 6.07 Å². The van der Waals surface area contributed by atoms with E-state index in [9.17, 15) is 13.2 Å². The lowest BCUT2D eigenvalue weighted by molar-refractivity contribution is -0.00945. The maximum absolute atomic E-state index is 14.1. The van der Waals surface area contributed by atoms with Crippen LogP contribution >= 0.6 is 23.2 Å². The van der Waals surface area contributed by atoms with Gasteiger partial charge in [0, 0.05) is 30.9 Å². The van der Waals surface area contributed by atoms with Crippen LogP contribution in [0.1, 0.15) is 0 Å². The second-order valence-electron chi connectivity index (χ2n) is 5.86. The largest absolute Gasteiger partial charge is 0.348 e. The van der Waals surface area contributed by atoms with Gasteiger partial charge in [-0.1, -0.05) is 23.2 Å². The number of rotatable bonds is 2. The number of likely N-dealkylation sites (N-methyl/N-ethyl adjacent to an activating group) is 1. The van der Waals surface area contributed by atoms with Gasteiger partial charge in [0.15, 0.2) is 16.8 Å². The summed E-state index contributed by atoms with van der Waals surface area (Å²) in [4.78, 5) is 14.6. The first-order valence-electron chi connectivity index (χ1n) is 7.41. The zero-order chi connectivity index (χ0) is 18.2.